The largest absolute Gasteiger partial charge is 0.493 e. The third-order valence-corrected chi connectivity index (χ3v) is 5.90. The number of hydrogen-bond donors (Lipinski definition) is 0. The number of carbonyl (C=O) groups is 1. The number of thioether (sulfide) groups is 1. The second-order valence-electron chi connectivity index (χ2n) is 7.17. The lowest BCUT2D eigenvalue weighted by Crippen LogP contribution is -2.30. The highest BCUT2D eigenvalue weighted by Crippen LogP contribution is 2.39. The molecule has 0 atom stereocenters. The molecule has 1 amide bonds. The molecule has 1 aliphatic rings. The second-order valence-corrected chi connectivity index (χ2v) is 8.18. The van der Waals surface area contributed by atoms with Gasteiger partial charge in [-0.1, -0.05) is 31.0 Å². The van der Waals surface area contributed by atoms with Gasteiger partial charge in [-0.05, 0) is 49.4 Å². The number of aryl methyl sites for hydroxylation is 1. The Kier molecular flexibility index (Phi) is 7.53. The van der Waals surface area contributed by atoms with Crippen molar-refractivity contribution >= 4 is 40.3 Å². The number of unbranched alkanes of at least 4 members (excludes halogenated alkanes) is 1. The molecular formula is C23H25N3O5S. The summed E-state index contributed by atoms with van der Waals surface area (Å²) in [5.74, 6) is 0.369. The summed E-state index contributed by atoms with van der Waals surface area (Å²) >= 11 is 1.21. The van der Waals surface area contributed by atoms with Crippen LogP contribution in [0.1, 0.15) is 30.9 Å². The first kappa shape index (κ1) is 23.3. The molecule has 0 aromatic heterocycles. The molecule has 0 unspecified atom stereocenters. The third kappa shape index (κ3) is 5.11. The zero-order chi connectivity index (χ0) is 23.3. The molecule has 0 spiro atoms. The van der Waals surface area contributed by atoms with Gasteiger partial charge < -0.3 is 9.47 Å². The fraction of sp³-hybridized carbons (Fsp3) is 0.304. The van der Waals surface area contributed by atoms with Gasteiger partial charge in [-0.3, -0.25) is 19.8 Å². The number of aliphatic imine (C=N–C) groups is 1. The Balaban J connectivity index is 2.05. The van der Waals surface area contributed by atoms with Gasteiger partial charge in [-0.2, -0.15) is 0 Å². The van der Waals surface area contributed by atoms with Crippen LogP contribution in [-0.2, 0) is 4.79 Å². The number of ether oxygens (including phenoxy) is 2. The van der Waals surface area contributed by atoms with Crippen LogP contribution in [0.4, 0.5) is 11.4 Å². The second kappa shape index (κ2) is 10.3. The topological polar surface area (TPSA) is 94.3 Å². The van der Waals surface area contributed by atoms with Crippen LogP contribution >= 0.6 is 11.8 Å². The zero-order valence-corrected chi connectivity index (χ0v) is 19.3. The number of nitrogens with zero attached hydrogens (tertiary/aromatic N) is 3. The van der Waals surface area contributed by atoms with Gasteiger partial charge in [0.25, 0.3) is 11.6 Å². The van der Waals surface area contributed by atoms with Crippen molar-refractivity contribution in [1.29, 1.82) is 0 Å². The van der Waals surface area contributed by atoms with Gasteiger partial charge in [0.15, 0.2) is 16.7 Å². The minimum atomic E-state index is -0.505. The molecule has 168 valence electrons. The Morgan fingerprint density at radius 3 is 2.41 bits per heavy atom. The maximum Gasteiger partial charge on any atom is 0.280 e. The quantitative estimate of drug-likeness (QED) is 0.304. The Morgan fingerprint density at radius 1 is 1.16 bits per heavy atom. The van der Waals surface area contributed by atoms with Gasteiger partial charge in [0.2, 0.25) is 0 Å². The summed E-state index contributed by atoms with van der Waals surface area (Å²) in [4.78, 5) is 30.9. The normalized spacial score (nSPS) is 16.1. The van der Waals surface area contributed by atoms with Crippen LogP contribution in [0.2, 0.25) is 0 Å². The number of amides is 1. The summed E-state index contributed by atoms with van der Waals surface area (Å²) in [5, 5.41) is 12.2. The smallest absolute Gasteiger partial charge is 0.280 e. The van der Waals surface area contributed by atoms with E-state index in [0.29, 0.717) is 22.4 Å². The van der Waals surface area contributed by atoms with Crippen molar-refractivity contribution in [1.82, 2.24) is 4.90 Å². The van der Waals surface area contributed by atoms with E-state index < -0.39 is 4.92 Å². The number of benzene rings is 2. The molecule has 2 aromatic rings. The summed E-state index contributed by atoms with van der Waals surface area (Å²) in [6, 6.07) is 10.5. The van der Waals surface area contributed by atoms with E-state index >= 15 is 0 Å². The molecule has 0 radical (unpaired) electrons. The van der Waals surface area contributed by atoms with Crippen LogP contribution in [0, 0.1) is 17.0 Å². The molecule has 1 fully saturated rings. The summed E-state index contributed by atoms with van der Waals surface area (Å²) in [7, 11) is 2.87. The van der Waals surface area contributed by atoms with Crippen LogP contribution in [0.25, 0.3) is 6.08 Å². The zero-order valence-electron chi connectivity index (χ0n) is 18.5. The lowest BCUT2D eigenvalue weighted by molar-refractivity contribution is -0.385. The number of carbonyl (C=O) groups excluding carboxylic acids is 1. The number of amidine groups is 1. The molecule has 8 nitrogen and oxygen atoms in total. The first-order valence-electron chi connectivity index (χ1n) is 10.1. The van der Waals surface area contributed by atoms with Gasteiger partial charge in [0.05, 0.1) is 41.4 Å². The fourth-order valence-corrected chi connectivity index (χ4v) is 4.15. The lowest BCUT2D eigenvalue weighted by Gasteiger charge is -2.14. The van der Waals surface area contributed by atoms with E-state index in [1.165, 1.54) is 44.2 Å². The maximum atomic E-state index is 13.2. The maximum absolute atomic E-state index is 13.2. The minimum Gasteiger partial charge on any atom is -0.493 e. The Bertz CT molecular complexity index is 1080. The van der Waals surface area contributed by atoms with Gasteiger partial charge in [0.1, 0.15) is 0 Å². The van der Waals surface area contributed by atoms with Crippen LogP contribution in [-0.4, -0.2) is 41.7 Å². The van der Waals surface area contributed by atoms with Crippen molar-refractivity contribution in [2.45, 2.75) is 26.7 Å². The summed E-state index contributed by atoms with van der Waals surface area (Å²) in [6.45, 7) is 4.57. The van der Waals surface area contributed by atoms with E-state index in [1.54, 1.807) is 4.90 Å². The molecule has 3 rings (SSSR count). The number of hydrogen-bond acceptors (Lipinski definition) is 7. The third-order valence-electron chi connectivity index (χ3n) is 4.90. The van der Waals surface area contributed by atoms with Gasteiger partial charge >= 0.3 is 0 Å². The summed E-state index contributed by atoms with van der Waals surface area (Å²) in [5.41, 5.74) is 1.95. The molecule has 1 aliphatic heterocycles. The van der Waals surface area contributed by atoms with Crippen molar-refractivity contribution < 1.29 is 19.2 Å². The first-order valence-corrected chi connectivity index (χ1v) is 11.0. The van der Waals surface area contributed by atoms with Crippen molar-refractivity contribution in [2.75, 3.05) is 20.8 Å². The first-order chi connectivity index (χ1) is 15.4. The highest BCUT2D eigenvalue weighted by molar-refractivity contribution is 8.18. The average Bonchev–Trinajstić information content (AvgIpc) is 3.07. The van der Waals surface area contributed by atoms with Crippen molar-refractivity contribution in [2.24, 2.45) is 4.99 Å². The SMILES string of the molecule is CCCCN1C(=O)/C(=C\c2cc(OC)c(OC)cc2[N+](=O)[O-])SC1=Nc1ccc(C)cc1. The van der Waals surface area contributed by atoms with E-state index in [9.17, 15) is 14.9 Å². The number of methoxy groups -OCH3 is 2. The van der Waals surface area contributed by atoms with Crippen LogP contribution < -0.4 is 9.47 Å². The minimum absolute atomic E-state index is 0.174. The molecule has 9 heteroatoms. The lowest BCUT2D eigenvalue weighted by atomic mass is 10.1. The van der Waals surface area contributed by atoms with Gasteiger partial charge in [0, 0.05) is 6.54 Å². The molecule has 0 aliphatic carbocycles. The number of nitro benzene ring substituents is 1. The monoisotopic (exact) mass is 455 g/mol. The van der Waals surface area contributed by atoms with E-state index in [1.807, 2.05) is 38.1 Å². The fourth-order valence-electron chi connectivity index (χ4n) is 3.13. The molecule has 0 bridgehead atoms. The molecule has 0 N–H and O–H groups in total. The number of nitro groups is 1. The van der Waals surface area contributed by atoms with E-state index in [-0.39, 0.29) is 22.9 Å². The van der Waals surface area contributed by atoms with Crippen LogP contribution in [0.3, 0.4) is 0 Å². The van der Waals surface area contributed by atoms with Crippen molar-refractivity contribution in [3.63, 3.8) is 0 Å². The Morgan fingerprint density at radius 2 is 1.81 bits per heavy atom. The standard InChI is InChI=1S/C23H25N3O5S/c1-5-6-11-25-22(27)21(32-23(25)24-17-9-7-15(2)8-10-17)13-16-12-19(30-3)20(31-4)14-18(16)26(28)29/h7-10,12-14H,5-6,11H2,1-4H3/b21-13+,24-23?. The van der Waals surface area contributed by atoms with Crippen LogP contribution in [0.5, 0.6) is 11.5 Å². The van der Waals surface area contributed by atoms with Crippen LogP contribution in [0.15, 0.2) is 46.3 Å². The Hall–Kier alpha value is -3.33. The van der Waals surface area contributed by atoms with Gasteiger partial charge in [-0.15, -0.1) is 0 Å². The van der Waals surface area contributed by atoms with E-state index in [2.05, 4.69) is 4.99 Å². The van der Waals surface area contributed by atoms with Crippen molar-refractivity contribution in [3.05, 3.63) is 62.5 Å². The Labute approximate surface area is 191 Å². The van der Waals surface area contributed by atoms with E-state index in [0.717, 1.165) is 24.1 Å². The molecule has 0 saturated carbocycles. The molecule has 2 aromatic carbocycles. The average molecular weight is 456 g/mol. The molecule has 32 heavy (non-hydrogen) atoms. The highest BCUT2D eigenvalue weighted by Gasteiger charge is 2.34. The van der Waals surface area contributed by atoms with E-state index in [4.69, 9.17) is 9.47 Å². The molecule has 1 heterocycles. The van der Waals surface area contributed by atoms with Crippen molar-refractivity contribution in [3.8, 4) is 11.5 Å². The van der Waals surface area contributed by atoms with Gasteiger partial charge in [-0.25, -0.2) is 4.99 Å². The molecular weight excluding hydrogens is 430 g/mol. The number of rotatable bonds is 8. The molecule has 1 saturated heterocycles. The predicted octanol–water partition coefficient (Wildman–Crippen LogP) is 5.32. The summed E-state index contributed by atoms with van der Waals surface area (Å²) in [6.07, 6.45) is 3.26. The summed E-state index contributed by atoms with van der Waals surface area (Å²) < 4.78 is 10.5. The highest BCUT2D eigenvalue weighted by atomic mass is 32.2. The predicted molar refractivity (Wildman–Crippen MR) is 127 cm³/mol.